The third-order valence-electron chi connectivity index (χ3n) is 7.12. The van der Waals surface area contributed by atoms with Gasteiger partial charge in [0.15, 0.2) is 0 Å². The summed E-state index contributed by atoms with van der Waals surface area (Å²) in [5, 5.41) is 3.81. The quantitative estimate of drug-likeness (QED) is 0.223. The normalized spacial score (nSPS) is 15.7. The molecule has 1 atom stereocenters. The fourth-order valence-electron chi connectivity index (χ4n) is 5.12. The lowest BCUT2D eigenvalue weighted by Gasteiger charge is -2.26. The largest absolute Gasteiger partial charge is 0.496 e. The van der Waals surface area contributed by atoms with Crippen LogP contribution in [0.2, 0.25) is 0 Å². The zero-order valence-corrected chi connectivity index (χ0v) is 20.9. The van der Waals surface area contributed by atoms with Crippen molar-refractivity contribution in [3.8, 4) is 5.75 Å². The van der Waals surface area contributed by atoms with Crippen molar-refractivity contribution in [3.05, 3.63) is 29.3 Å². The molecule has 2 nitrogen and oxygen atoms in total. The predicted octanol–water partition coefficient (Wildman–Crippen LogP) is 8.40. The SMILES string of the molecule is CCCCCCCCCCCCCCCCCCNC1CCc2c(cccc2OC)C1. The second-order valence-corrected chi connectivity index (χ2v) is 9.80. The van der Waals surface area contributed by atoms with Crippen LogP contribution in [0, 0.1) is 0 Å². The first-order valence-corrected chi connectivity index (χ1v) is 13.7. The van der Waals surface area contributed by atoms with Crippen LogP contribution in [0.3, 0.4) is 0 Å². The highest BCUT2D eigenvalue weighted by Gasteiger charge is 2.20. The van der Waals surface area contributed by atoms with Crippen LogP contribution in [-0.4, -0.2) is 19.7 Å². The van der Waals surface area contributed by atoms with Crippen molar-refractivity contribution in [1.82, 2.24) is 5.32 Å². The summed E-state index contributed by atoms with van der Waals surface area (Å²) in [6.45, 7) is 3.48. The number of benzene rings is 1. The summed E-state index contributed by atoms with van der Waals surface area (Å²) < 4.78 is 5.52. The molecular formula is C29H51NO. The number of methoxy groups -OCH3 is 1. The van der Waals surface area contributed by atoms with Crippen molar-refractivity contribution in [2.24, 2.45) is 0 Å². The number of nitrogens with one attached hydrogen (secondary N) is 1. The van der Waals surface area contributed by atoms with Gasteiger partial charge in [-0.05, 0) is 49.4 Å². The lowest BCUT2D eigenvalue weighted by molar-refractivity contribution is 0.396. The summed E-state index contributed by atoms with van der Waals surface area (Å²) in [6.07, 6.45) is 26.6. The van der Waals surface area contributed by atoms with E-state index in [9.17, 15) is 0 Å². The van der Waals surface area contributed by atoms with E-state index in [0.717, 1.165) is 18.6 Å². The highest BCUT2D eigenvalue weighted by atomic mass is 16.5. The molecule has 0 spiro atoms. The van der Waals surface area contributed by atoms with E-state index in [2.05, 4.69) is 30.4 Å². The monoisotopic (exact) mass is 429 g/mol. The molecule has 0 aromatic heterocycles. The van der Waals surface area contributed by atoms with E-state index in [1.54, 1.807) is 7.11 Å². The van der Waals surface area contributed by atoms with Crippen molar-refractivity contribution in [2.45, 2.75) is 135 Å². The third-order valence-corrected chi connectivity index (χ3v) is 7.12. The minimum atomic E-state index is 0.649. The molecule has 1 aliphatic rings. The average Bonchev–Trinajstić information content (AvgIpc) is 2.80. The molecule has 1 aromatic carbocycles. The van der Waals surface area contributed by atoms with Crippen LogP contribution in [0.25, 0.3) is 0 Å². The van der Waals surface area contributed by atoms with E-state index in [4.69, 9.17) is 4.74 Å². The Morgan fingerprint density at radius 1 is 0.774 bits per heavy atom. The Hall–Kier alpha value is -1.02. The summed E-state index contributed by atoms with van der Waals surface area (Å²) in [4.78, 5) is 0. The van der Waals surface area contributed by atoms with Crippen LogP contribution in [0.15, 0.2) is 18.2 Å². The second-order valence-electron chi connectivity index (χ2n) is 9.80. The molecule has 1 unspecified atom stereocenters. The average molecular weight is 430 g/mol. The van der Waals surface area contributed by atoms with Crippen molar-refractivity contribution < 1.29 is 4.74 Å². The van der Waals surface area contributed by atoms with Crippen LogP contribution in [0.5, 0.6) is 5.75 Å². The first kappa shape index (κ1) is 26.2. The maximum atomic E-state index is 5.52. The van der Waals surface area contributed by atoms with Gasteiger partial charge in [0.25, 0.3) is 0 Å². The minimum absolute atomic E-state index is 0.649. The number of fused-ring (bicyclic) bond motifs is 1. The first-order chi connectivity index (χ1) is 15.3. The predicted molar refractivity (Wildman–Crippen MR) is 136 cm³/mol. The zero-order valence-electron chi connectivity index (χ0n) is 20.9. The van der Waals surface area contributed by atoms with Crippen LogP contribution in [0.1, 0.15) is 127 Å². The second kappa shape index (κ2) is 17.5. The van der Waals surface area contributed by atoms with E-state index in [1.165, 1.54) is 127 Å². The van der Waals surface area contributed by atoms with Gasteiger partial charge in [0.05, 0.1) is 7.11 Å². The Bertz CT molecular complexity index is 556. The summed E-state index contributed by atoms with van der Waals surface area (Å²) in [6, 6.07) is 7.16. The molecule has 178 valence electrons. The first-order valence-electron chi connectivity index (χ1n) is 13.7. The fraction of sp³-hybridized carbons (Fsp3) is 0.793. The molecule has 2 heteroatoms. The van der Waals surface area contributed by atoms with Gasteiger partial charge in [-0.1, -0.05) is 115 Å². The van der Waals surface area contributed by atoms with E-state index in [1.807, 2.05) is 0 Å². The molecule has 0 fully saturated rings. The summed E-state index contributed by atoms with van der Waals surface area (Å²) >= 11 is 0. The molecule has 1 N–H and O–H groups in total. The van der Waals surface area contributed by atoms with E-state index >= 15 is 0 Å². The van der Waals surface area contributed by atoms with E-state index < -0.39 is 0 Å². The molecule has 0 radical (unpaired) electrons. The maximum Gasteiger partial charge on any atom is 0.122 e. The fourth-order valence-corrected chi connectivity index (χ4v) is 5.12. The number of unbranched alkanes of at least 4 members (excludes halogenated alkanes) is 15. The Labute approximate surface area is 193 Å². The molecule has 0 aliphatic heterocycles. The van der Waals surface area contributed by atoms with Gasteiger partial charge in [0.2, 0.25) is 0 Å². The lowest BCUT2D eigenvalue weighted by atomic mass is 9.87. The van der Waals surface area contributed by atoms with E-state index in [0.29, 0.717) is 6.04 Å². The Morgan fingerprint density at radius 3 is 1.87 bits per heavy atom. The molecule has 0 saturated carbocycles. The Morgan fingerprint density at radius 2 is 1.32 bits per heavy atom. The van der Waals surface area contributed by atoms with Crippen molar-refractivity contribution in [3.63, 3.8) is 0 Å². The van der Waals surface area contributed by atoms with Crippen LogP contribution < -0.4 is 10.1 Å². The number of hydrogen-bond donors (Lipinski definition) is 1. The van der Waals surface area contributed by atoms with Crippen LogP contribution in [-0.2, 0) is 12.8 Å². The van der Waals surface area contributed by atoms with Gasteiger partial charge in [-0.25, -0.2) is 0 Å². The molecule has 0 amide bonds. The molecule has 1 aliphatic carbocycles. The van der Waals surface area contributed by atoms with Crippen molar-refractivity contribution in [1.29, 1.82) is 0 Å². The van der Waals surface area contributed by atoms with Crippen LogP contribution >= 0.6 is 0 Å². The van der Waals surface area contributed by atoms with Gasteiger partial charge in [0, 0.05) is 6.04 Å². The van der Waals surface area contributed by atoms with Crippen molar-refractivity contribution in [2.75, 3.05) is 13.7 Å². The van der Waals surface area contributed by atoms with E-state index in [-0.39, 0.29) is 0 Å². The van der Waals surface area contributed by atoms with Gasteiger partial charge in [-0.3, -0.25) is 0 Å². The minimum Gasteiger partial charge on any atom is -0.496 e. The van der Waals surface area contributed by atoms with Gasteiger partial charge in [-0.15, -0.1) is 0 Å². The third kappa shape index (κ3) is 11.4. The van der Waals surface area contributed by atoms with Crippen LogP contribution in [0.4, 0.5) is 0 Å². The molecular weight excluding hydrogens is 378 g/mol. The topological polar surface area (TPSA) is 21.3 Å². The molecule has 0 bridgehead atoms. The molecule has 2 rings (SSSR count). The van der Waals surface area contributed by atoms with Gasteiger partial charge < -0.3 is 10.1 Å². The summed E-state index contributed by atoms with van der Waals surface area (Å²) in [5.41, 5.74) is 2.92. The highest BCUT2D eigenvalue weighted by Crippen LogP contribution is 2.29. The van der Waals surface area contributed by atoms with Gasteiger partial charge in [0.1, 0.15) is 5.75 Å². The number of hydrogen-bond acceptors (Lipinski definition) is 2. The smallest absolute Gasteiger partial charge is 0.122 e. The number of ether oxygens (including phenoxy) is 1. The molecule has 0 saturated heterocycles. The lowest BCUT2D eigenvalue weighted by Crippen LogP contribution is -2.35. The molecule has 31 heavy (non-hydrogen) atoms. The van der Waals surface area contributed by atoms with Gasteiger partial charge in [-0.2, -0.15) is 0 Å². The summed E-state index contributed by atoms with van der Waals surface area (Å²) in [5.74, 6) is 1.08. The van der Waals surface area contributed by atoms with Crippen molar-refractivity contribution >= 4 is 0 Å². The Balaban J connectivity index is 1.34. The maximum absolute atomic E-state index is 5.52. The van der Waals surface area contributed by atoms with Gasteiger partial charge >= 0.3 is 0 Å². The standard InChI is InChI=1S/C29H51NO/c1-3-4-5-6-7-8-9-10-11-12-13-14-15-16-17-18-24-30-27-22-23-28-26(25-27)20-19-21-29(28)31-2/h19-21,27,30H,3-18,22-25H2,1-2H3. The number of rotatable bonds is 19. The molecule has 0 heterocycles. The Kier molecular flexibility index (Phi) is 14.8. The highest BCUT2D eigenvalue weighted by molar-refractivity contribution is 5.42. The summed E-state index contributed by atoms with van der Waals surface area (Å²) in [7, 11) is 1.79. The molecule has 1 aromatic rings. The zero-order chi connectivity index (χ0) is 22.0.